The summed E-state index contributed by atoms with van der Waals surface area (Å²) in [7, 11) is 1.66. The lowest BCUT2D eigenvalue weighted by atomic mass is 10.2. The van der Waals surface area contributed by atoms with Crippen LogP contribution in [-0.4, -0.2) is 64.6 Å². The Bertz CT molecular complexity index is 601. The number of nitrogens with zero attached hydrogens (tertiary/aromatic N) is 2. The number of aromatic carboxylic acids is 1. The molecule has 8 nitrogen and oxygen atoms in total. The summed E-state index contributed by atoms with van der Waals surface area (Å²) in [4.78, 5) is 37.3. The fraction of sp³-hybridized carbons (Fsp3) is 0.308. The first kappa shape index (κ1) is 14.6. The molecule has 0 aliphatic carbocycles. The second-order valence-corrected chi connectivity index (χ2v) is 4.70. The molecule has 1 aliphatic rings. The highest BCUT2D eigenvalue weighted by Gasteiger charge is 2.25. The molecule has 0 bridgehead atoms. The van der Waals surface area contributed by atoms with Crippen LogP contribution < -0.4 is 5.32 Å². The topological polar surface area (TPSA) is 110 Å². The summed E-state index contributed by atoms with van der Waals surface area (Å²) in [6.45, 7) is 0.826. The highest BCUT2D eigenvalue weighted by molar-refractivity contribution is 5.96. The zero-order chi connectivity index (χ0) is 15.6. The summed E-state index contributed by atoms with van der Waals surface area (Å²) in [5.41, 5.74) is -0.0659. The van der Waals surface area contributed by atoms with Gasteiger partial charge in [-0.3, -0.25) is 4.79 Å². The second-order valence-electron chi connectivity index (χ2n) is 4.70. The predicted molar refractivity (Wildman–Crippen MR) is 73.3 cm³/mol. The number of carboxylic acid groups (broad SMARTS) is 1. The lowest BCUT2D eigenvalue weighted by Gasteiger charge is -2.31. The van der Waals surface area contributed by atoms with E-state index in [9.17, 15) is 19.5 Å². The van der Waals surface area contributed by atoms with Crippen molar-refractivity contribution in [1.29, 1.82) is 0 Å². The Labute approximate surface area is 120 Å². The van der Waals surface area contributed by atoms with Crippen LogP contribution in [0.15, 0.2) is 18.2 Å². The van der Waals surface area contributed by atoms with E-state index in [-0.39, 0.29) is 29.5 Å². The van der Waals surface area contributed by atoms with Gasteiger partial charge in [0.05, 0.1) is 0 Å². The van der Waals surface area contributed by atoms with Gasteiger partial charge in [0.25, 0.3) is 0 Å². The Morgan fingerprint density at radius 2 is 2.00 bits per heavy atom. The Morgan fingerprint density at radius 1 is 1.29 bits per heavy atom. The van der Waals surface area contributed by atoms with Gasteiger partial charge in [0.1, 0.15) is 17.9 Å². The Hall–Kier alpha value is -2.77. The Kier molecular flexibility index (Phi) is 3.97. The molecule has 0 aromatic heterocycles. The quantitative estimate of drug-likeness (QED) is 0.683. The van der Waals surface area contributed by atoms with Gasteiger partial charge in [0.15, 0.2) is 0 Å². The van der Waals surface area contributed by atoms with E-state index in [1.54, 1.807) is 7.05 Å². The zero-order valence-electron chi connectivity index (χ0n) is 11.4. The number of carbonyl (C=O) groups excluding carboxylic acids is 2. The number of piperazine rings is 1. The molecule has 1 aliphatic heterocycles. The number of carboxylic acids is 1. The minimum atomic E-state index is -1.29. The number of amides is 3. The smallest absolute Gasteiger partial charge is 0.339 e. The van der Waals surface area contributed by atoms with Crippen LogP contribution in [0.5, 0.6) is 5.75 Å². The van der Waals surface area contributed by atoms with Crippen molar-refractivity contribution >= 4 is 23.6 Å². The maximum absolute atomic E-state index is 12.0. The van der Waals surface area contributed by atoms with Gasteiger partial charge in [0.2, 0.25) is 5.91 Å². The van der Waals surface area contributed by atoms with Gasteiger partial charge in [-0.05, 0) is 18.2 Å². The molecule has 112 valence electrons. The first-order chi connectivity index (χ1) is 9.88. The molecule has 3 N–H and O–H groups in total. The van der Waals surface area contributed by atoms with Gasteiger partial charge in [-0.2, -0.15) is 0 Å². The predicted octanol–water partition coefficient (Wildman–Crippen LogP) is 0.396. The summed E-state index contributed by atoms with van der Waals surface area (Å²) in [6.07, 6.45) is 0. The molecule has 0 atom stereocenters. The molecule has 0 unspecified atom stereocenters. The SMILES string of the molecule is CN1CCN(C(=O)Nc2ccc(O)c(C(=O)O)c2)CC1=O. The number of rotatable bonds is 2. The molecular formula is C13H15N3O5. The van der Waals surface area contributed by atoms with Crippen molar-refractivity contribution in [3.8, 4) is 5.75 Å². The molecule has 1 aromatic rings. The highest BCUT2D eigenvalue weighted by Crippen LogP contribution is 2.21. The third-order valence-corrected chi connectivity index (χ3v) is 3.22. The first-order valence-electron chi connectivity index (χ1n) is 6.24. The van der Waals surface area contributed by atoms with Crippen LogP contribution in [0.3, 0.4) is 0 Å². The number of aromatic hydroxyl groups is 1. The number of anilines is 1. The van der Waals surface area contributed by atoms with E-state index in [0.717, 1.165) is 6.07 Å². The maximum Gasteiger partial charge on any atom is 0.339 e. The van der Waals surface area contributed by atoms with Crippen molar-refractivity contribution in [1.82, 2.24) is 9.80 Å². The molecule has 8 heteroatoms. The Balaban J connectivity index is 2.08. The highest BCUT2D eigenvalue weighted by atomic mass is 16.4. The van der Waals surface area contributed by atoms with E-state index in [4.69, 9.17) is 5.11 Å². The van der Waals surface area contributed by atoms with Crippen molar-refractivity contribution in [3.05, 3.63) is 23.8 Å². The van der Waals surface area contributed by atoms with Gasteiger partial charge in [-0.15, -0.1) is 0 Å². The van der Waals surface area contributed by atoms with E-state index in [1.165, 1.54) is 21.9 Å². The zero-order valence-corrected chi connectivity index (χ0v) is 11.4. The van der Waals surface area contributed by atoms with Crippen molar-refractivity contribution < 1.29 is 24.6 Å². The van der Waals surface area contributed by atoms with Crippen LogP contribution in [0.2, 0.25) is 0 Å². The van der Waals surface area contributed by atoms with Gasteiger partial charge < -0.3 is 25.3 Å². The van der Waals surface area contributed by atoms with E-state index in [2.05, 4.69) is 5.32 Å². The molecule has 21 heavy (non-hydrogen) atoms. The molecule has 0 radical (unpaired) electrons. The number of hydrogen-bond donors (Lipinski definition) is 3. The van der Waals surface area contributed by atoms with Crippen LogP contribution in [0.4, 0.5) is 10.5 Å². The summed E-state index contributed by atoms with van der Waals surface area (Å²) < 4.78 is 0. The van der Waals surface area contributed by atoms with Crippen molar-refractivity contribution in [2.24, 2.45) is 0 Å². The average Bonchev–Trinajstić information content (AvgIpc) is 2.43. The summed E-state index contributed by atoms with van der Waals surface area (Å²) in [5, 5.41) is 20.8. The van der Waals surface area contributed by atoms with Crippen molar-refractivity contribution in [2.75, 3.05) is 32.0 Å². The van der Waals surface area contributed by atoms with Crippen LogP contribution in [-0.2, 0) is 4.79 Å². The van der Waals surface area contributed by atoms with Crippen LogP contribution in [0.1, 0.15) is 10.4 Å². The van der Waals surface area contributed by atoms with Crippen LogP contribution in [0.25, 0.3) is 0 Å². The summed E-state index contributed by atoms with van der Waals surface area (Å²) in [5.74, 6) is -1.83. The van der Waals surface area contributed by atoms with E-state index >= 15 is 0 Å². The van der Waals surface area contributed by atoms with Gasteiger partial charge in [-0.1, -0.05) is 0 Å². The largest absolute Gasteiger partial charge is 0.507 e. The number of benzene rings is 1. The normalized spacial score (nSPS) is 15.0. The molecular weight excluding hydrogens is 278 g/mol. The lowest BCUT2D eigenvalue weighted by Crippen LogP contribution is -2.51. The second kappa shape index (κ2) is 5.70. The third kappa shape index (κ3) is 3.22. The fourth-order valence-corrected chi connectivity index (χ4v) is 1.92. The minimum absolute atomic E-state index is 0.0216. The summed E-state index contributed by atoms with van der Waals surface area (Å²) in [6, 6.07) is 3.25. The van der Waals surface area contributed by atoms with Crippen molar-refractivity contribution in [3.63, 3.8) is 0 Å². The van der Waals surface area contributed by atoms with E-state index < -0.39 is 12.0 Å². The summed E-state index contributed by atoms with van der Waals surface area (Å²) >= 11 is 0. The molecule has 2 rings (SSSR count). The molecule has 1 saturated heterocycles. The van der Waals surface area contributed by atoms with Crippen LogP contribution in [0, 0.1) is 0 Å². The number of phenols is 1. The Morgan fingerprint density at radius 3 is 2.62 bits per heavy atom. The van der Waals surface area contributed by atoms with Gasteiger partial charge >= 0.3 is 12.0 Å². The number of urea groups is 1. The molecule has 1 fully saturated rings. The van der Waals surface area contributed by atoms with Crippen LogP contribution >= 0.6 is 0 Å². The fourth-order valence-electron chi connectivity index (χ4n) is 1.92. The van der Waals surface area contributed by atoms with Crippen molar-refractivity contribution in [2.45, 2.75) is 0 Å². The molecule has 1 heterocycles. The number of likely N-dealkylation sites (N-methyl/N-ethyl adjacent to an activating group) is 1. The first-order valence-corrected chi connectivity index (χ1v) is 6.24. The standard InChI is InChI=1S/C13H15N3O5/c1-15-4-5-16(7-11(15)18)13(21)14-8-2-3-10(17)9(6-8)12(19)20/h2-3,6,17H,4-5,7H2,1H3,(H,14,21)(H,19,20). The van der Waals surface area contributed by atoms with E-state index in [1.807, 2.05) is 0 Å². The van der Waals surface area contributed by atoms with Gasteiger partial charge in [-0.25, -0.2) is 9.59 Å². The lowest BCUT2D eigenvalue weighted by molar-refractivity contribution is -0.133. The minimum Gasteiger partial charge on any atom is -0.507 e. The van der Waals surface area contributed by atoms with E-state index in [0.29, 0.717) is 13.1 Å². The monoisotopic (exact) mass is 293 g/mol. The number of hydrogen-bond acceptors (Lipinski definition) is 4. The molecule has 3 amide bonds. The number of nitrogens with one attached hydrogen (secondary N) is 1. The average molecular weight is 293 g/mol. The maximum atomic E-state index is 12.0. The van der Waals surface area contributed by atoms with Gasteiger partial charge in [0, 0.05) is 25.8 Å². The molecule has 0 spiro atoms. The molecule has 0 saturated carbocycles. The molecule has 1 aromatic carbocycles. The third-order valence-electron chi connectivity index (χ3n) is 3.22. The number of carbonyl (C=O) groups is 3.